The number of amides is 1. The number of anilines is 1. The number of hydrogen-bond acceptors (Lipinski definition) is 3. The molecule has 120 valence electrons. The molecule has 0 atom stereocenters. The van der Waals surface area contributed by atoms with E-state index >= 15 is 0 Å². The van der Waals surface area contributed by atoms with Gasteiger partial charge in [0.2, 0.25) is 0 Å². The number of carboxylic acid groups (broad SMARTS) is 1. The zero-order chi connectivity index (χ0) is 17.1. The number of rotatable bonds is 4. The third-order valence-electron chi connectivity index (χ3n) is 3.21. The van der Waals surface area contributed by atoms with Crippen LogP contribution in [0.5, 0.6) is 5.75 Å². The maximum Gasteiger partial charge on any atom is 0.335 e. The van der Waals surface area contributed by atoms with Crippen LogP contribution in [0, 0.1) is 18.6 Å². The fourth-order valence-electron chi connectivity index (χ4n) is 2.01. The first-order chi connectivity index (χ1) is 10.8. The van der Waals surface area contributed by atoms with Crippen molar-refractivity contribution in [2.24, 2.45) is 0 Å². The predicted molar refractivity (Wildman–Crippen MR) is 79.0 cm³/mol. The van der Waals surface area contributed by atoms with Gasteiger partial charge in [0.25, 0.3) is 5.91 Å². The molecule has 0 aliphatic rings. The molecule has 0 saturated carbocycles. The van der Waals surface area contributed by atoms with E-state index in [1.807, 2.05) is 0 Å². The van der Waals surface area contributed by atoms with Crippen molar-refractivity contribution in [1.82, 2.24) is 0 Å². The smallest absolute Gasteiger partial charge is 0.335 e. The topological polar surface area (TPSA) is 75.6 Å². The molecule has 7 heteroatoms. The number of carbonyl (C=O) groups is 2. The Morgan fingerprint density at radius 2 is 1.78 bits per heavy atom. The van der Waals surface area contributed by atoms with Crippen molar-refractivity contribution in [1.29, 1.82) is 0 Å². The quantitative estimate of drug-likeness (QED) is 0.906. The summed E-state index contributed by atoms with van der Waals surface area (Å²) in [6.07, 6.45) is 0. The van der Waals surface area contributed by atoms with Gasteiger partial charge in [-0.2, -0.15) is 0 Å². The minimum atomic E-state index is -1.14. The van der Waals surface area contributed by atoms with Gasteiger partial charge in [0.05, 0.1) is 18.4 Å². The van der Waals surface area contributed by atoms with Gasteiger partial charge in [-0.3, -0.25) is 4.79 Å². The summed E-state index contributed by atoms with van der Waals surface area (Å²) in [4.78, 5) is 23.1. The van der Waals surface area contributed by atoms with E-state index in [-0.39, 0.29) is 28.1 Å². The molecule has 0 radical (unpaired) electrons. The Hall–Kier alpha value is -2.96. The molecule has 0 unspecified atom stereocenters. The second kappa shape index (κ2) is 6.43. The lowest BCUT2D eigenvalue weighted by Crippen LogP contribution is -2.15. The number of carboxylic acids is 1. The van der Waals surface area contributed by atoms with Crippen LogP contribution >= 0.6 is 0 Å². The Morgan fingerprint density at radius 1 is 1.13 bits per heavy atom. The first kappa shape index (κ1) is 16.4. The first-order valence-electron chi connectivity index (χ1n) is 6.51. The molecule has 0 bridgehead atoms. The highest BCUT2D eigenvalue weighted by Gasteiger charge is 2.16. The van der Waals surface area contributed by atoms with Crippen molar-refractivity contribution in [3.63, 3.8) is 0 Å². The number of halogens is 2. The SMILES string of the molecule is COc1cc(C(=O)O)ccc1NC(=O)c1cc(F)c(F)cc1C. The Balaban J connectivity index is 2.34. The molecule has 0 saturated heterocycles. The van der Waals surface area contributed by atoms with E-state index < -0.39 is 23.5 Å². The number of benzene rings is 2. The molecule has 0 heterocycles. The van der Waals surface area contributed by atoms with Crippen LogP contribution in [0.15, 0.2) is 30.3 Å². The van der Waals surface area contributed by atoms with Crippen LogP contribution in [0.4, 0.5) is 14.5 Å². The number of hydrogen-bond donors (Lipinski definition) is 2. The minimum absolute atomic E-state index is 0.0103. The highest BCUT2D eigenvalue weighted by atomic mass is 19.2. The lowest BCUT2D eigenvalue weighted by molar-refractivity contribution is 0.0696. The monoisotopic (exact) mass is 321 g/mol. The molecule has 0 spiro atoms. The van der Waals surface area contributed by atoms with Crippen molar-refractivity contribution >= 4 is 17.6 Å². The third kappa shape index (κ3) is 3.45. The van der Waals surface area contributed by atoms with Gasteiger partial charge >= 0.3 is 5.97 Å². The lowest BCUT2D eigenvalue weighted by Gasteiger charge is -2.12. The summed E-state index contributed by atoms with van der Waals surface area (Å²) < 4.78 is 31.4. The van der Waals surface area contributed by atoms with Crippen LogP contribution in [-0.2, 0) is 0 Å². The van der Waals surface area contributed by atoms with E-state index in [0.29, 0.717) is 0 Å². The van der Waals surface area contributed by atoms with Gasteiger partial charge in [-0.05, 0) is 42.8 Å². The molecule has 1 amide bonds. The summed E-state index contributed by atoms with van der Waals surface area (Å²) in [5.74, 6) is -3.84. The fourth-order valence-corrected chi connectivity index (χ4v) is 2.01. The van der Waals surface area contributed by atoms with Crippen LogP contribution in [0.25, 0.3) is 0 Å². The molecule has 2 N–H and O–H groups in total. The van der Waals surface area contributed by atoms with Gasteiger partial charge in [0.1, 0.15) is 5.75 Å². The molecular weight excluding hydrogens is 308 g/mol. The zero-order valence-corrected chi connectivity index (χ0v) is 12.3. The average molecular weight is 321 g/mol. The summed E-state index contributed by atoms with van der Waals surface area (Å²) >= 11 is 0. The maximum absolute atomic E-state index is 13.3. The number of methoxy groups -OCH3 is 1. The standard InChI is InChI=1S/C16H13F2NO4/c1-8-5-11(17)12(18)7-10(8)15(20)19-13-4-3-9(16(21)22)6-14(13)23-2/h3-7H,1-2H3,(H,19,20)(H,21,22). The summed E-state index contributed by atoms with van der Waals surface area (Å²) in [6.45, 7) is 1.47. The molecular formula is C16H13F2NO4. The second-order valence-electron chi connectivity index (χ2n) is 4.76. The number of aromatic carboxylic acids is 1. The third-order valence-corrected chi connectivity index (χ3v) is 3.21. The molecule has 2 rings (SSSR count). The fraction of sp³-hybridized carbons (Fsp3) is 0.125. The van der Waals surface area contributed by atoms with Gasteiger partial charge < -0.3 is 15.2 Å². The Labute approximate surface area is 130 Å². The highest BCUT2D eigenvalue weighted by Crippen LogP contribution is 2.26. The molecule has 2 aromatic carbocycles. The van der Waals surface area contributed by atoms with Crippen LogP contribution in [0.3, 0.4) is 0 Å². The summed E-state index contributed by atoms with van der Waals surface area (Å²) in [7, 11) is 1.32. The average Bonchev–Trinajstić information content (AvgIpc) is 2.50. The highest BCUT2D eigenvalue weighted by molar-refractivity contribution is 6.06. The summed E-state index contributed by atoms with van der Waals surface area (Å²) in [5.41, 5.74) is 0.436. The molecule has 0 aliphatic heterocycles. The van der Waals surface area contributed by atoms with Gasteiger partial charge in [-0.1, -0.05) is 0 Å². The van der Waals surface area contributed by atoms with E-state index in [9.17, 15) is 18.4 Å². The largest absolute Gasteiger partial charge is 0.495 e. The van der Waals surface area contributed by atoms with Crippen molar-refractivity contribution in [2.75, 3.05) is 12.4 Å². The van der Waals surface area contributed by atoms with Crippen LogP contribution in [-0.4, -0.2) is 24.1 Å². The maximum atomic E-state index is 13.3. The van der Waals surface area contributed by atoms with E-state index in [1.165, 1.54) is 32.2 Å². The molecule has 0 aliphatic carbocycles. The molecule has 0 aromatic heterocycles. The molecule has 23 heavy (non-hydrogen) atoms. The Bertz CT molecular complexity index is 790. The number of ether oxygens (including phenoxy) is 1. The second-order valence-corrected chi connectivity index (χ2v) is 4.76. The van der Waals surface area contributed by atoms with Crippen molar-refractivity contribution in [2.45, 2.75) is 6.92 Å². The number of nitrogens with one attached hydrogen (secondary N) is 1. The van der Waals surface area contributed by atoms with E-state index in [2.05, 4.69) is 5.32 Å². The Kier molecular flexibility index (Phi) is 4.59. The molecule has 5 nitrogen and oxygen atoms in total. The first-order valence-corrected chi connectivity index (χ1v) is 6.51. The van der Waals surface area contributed by atoms with Crippen LogP contribution in [0.2, 0.25) is 0 Å². The van der Waals surface area contributed by atoms with E-state index in [4.69, 9.17) is 9.84 Å². The number of carbonyl (C=O) groups excluding carboxylic acids is 1. The Morgan fingerprint density at radius 3 is 2.39 bits per heavy atom. The van der Waals surface area contributed by atoms with Gasteiger partial charge in [-0.15, -0.1) is 0 Å². The summed E-state index contributed by atoms with van der Waals surface area (Å²) in [5, 5.41) is 11.4. The minimum Gasteiger partial charge on any atom is -0.495 e. The van der Waals surface area contributed by atoms with E-state index in [1.54, 1.807) is 0 Å². The van der Waals surface area contributed by atoms with Crippen LogP contribution in [0.1, 0.15) is 26.3 Å². The van der Waals surface area contributed by atoms with Gasteiger partial charge in [0, 0.05) is 5.56 Å². The summed E-state index contributed by atoms with van der Waals surface area (Å²) in [6, 6.07) is 5.62. The van der Waals surface area contributed by atoms with Crippen molar-refractivity contribution < 1.29 is 28.2 Å². The normalized spacial score (nSPS) is 10.3. The molecule has 2 aromatic rings. The lowest BCUT2D eigenvalue weighted by atomic mass is 10.1. The zero-order valence-electron chi connectivity index (χ0n) is 12.3. The van der Waals surface area contributed by atoms with Gasteiger partial charge in [0.15, 0.2) is 11.6 Å². The predicted octanol–water partition coefficient (Wildman–Crippen LogP) is 3.23. The van der Waals surface area contributed by atoms with Gasteiger partial charge in [-0.25, -0.2) is 13.6 Å². The van der Waals surface area contributed by atoms with Crippen molar-refractivity contribution in [3.05, 3.63) is 58.7 Å². The van der Waals surface area contributed by atoms with Crippen molar-refractivity contribution in [3.8, 4) is 5.75 Å². The molecule has 0 fully saturated rings. The van der Waals surface area contributed by atoms with E-state index in [0.717, 1.165) is 12.1 Å². The van der Waals surface area contributed by atoms with Crippen LogP contribution < -0.4 is 10.1 Å². The number of aryl methyl sites for hydroxylation is 1.